The number of thiophene rings is 1. The van der Waals surface area contributed by atoms with Gasteiger partial charge in [-0.1, -0.05) is 23.7 Å². The number of anilines is 1. The van der Waals surface area contributed by atoms with Gasteiger partial charge in [0.15, 0.2) is 5.13 Å². The van der Waals surface area contributed by atoms with Crippen molar-refractivity contribution in [1.29, 1.82) is 0 Å². The fourth-order valence-electron chi connectivity index (χ4n) is 2.42. The van der Waals surface area contributed by atoms with E-state index in [-0.39, 0.29) is 11.8 Å². The highest BCUT2D eigenvalue weighted by Gasteiger charge is 2.09. The van der Waals surface area contributed by atoms with E-state index in [4.69, 9.17) is 11.6 Å². The van der Waals surface area contributed by atoms with Crippen LogP contribution < -0.4 is 10.6 Å². The largest absolute Gasteiger partial charge is 0.352 e. The van der Waals surface area contributed by atoms with Gasteiger partial charge in [0.25, 0.3) is 5.91 Å². The van der Waals surface area contributed by atoms with Crippen molar-refractivity contribution >= 4 is 51.2 Å². The summed E-state index contributed by atoms with van der Waals surface area (Å²) >= 11 is 8.93. The summed E-state index contributed by atoms with van der Waals surface area (Å²) in [7, 11) is 0. The molecule has 3 aromatic rings. The van der Waals surface area contributed by atoms with E-state index in [9.17, 15) is 9.59 Å². The maximum atomic E-state index is 12.0. The van der Waals surface area contributed by atoms with Crippen LogP contribution in [0.15, 0.2) is 47.3 Å². The van der Waals surface area contributed by atoms with E-state index < -0.39 is 0 Å². The molecule has 2 amide bonds. The van der Waals surface area contributed by atoms with Crippen molar-refractivity contribution in [1.82, 2.24) is 10.3 Å². The molecule has 140 valence electrons. The molecule has 2 aromatic heterocycles. The van der Waals surface area contributed by atoms with E-state index in [2.05, 4.69) is 15.6 Å². The Hall–Kier alpha value is -2.22. The van der Waals surface area contributed by atoms with Crippen LogP contribution in [0, 0.1) is 0 Å². The molecular weight excluding hydrogens is 402 g/mol. The lowest BCUT2D eigenvalue weighted by molar-refractivity contribution is -0.116. The number of amides is 2. The summed E-state index contributed by atoms with van der Waals surface area (Å²) < 4.78 is 0. The van der Waals surface area contributed by atoms with Crippen LogP contribution in [0.2, 0.25) is 5.02 Å². The second kappa shape index (κ2) is 9.64. The monoisotopic (exact) mass is 419 g/mol. The zero-order valence-electron chi connectivity index (χ0n) is 14.4. The maximum Gasteiger partial charge on any atom is 0.252 e. The van der Waals surface area contributed by atoms with Gasteiger partial charge in [0.05, 0.1) is 0 Å². The molecule has 1 aromatic carbocycles. The van der Waals surface area contributed by atoms with E-state index in [1.54, 1.807) is 17.6 Å². The lowest BCUT2D eigenvalue weighted by atomic mass is 10.1. The molecule has 0 bridgehead atoms. The lowest BCUT2D eigenvalue weighted by Crippen LogP contribution is -2.25. The molecule has 0 saturated carbocycles. The van der Waals surface area contributed by atoms with Gasteiger partial charge in [0, 0.05) is 46.4 Å². The normalized spacial score (nSPS) is 10.6. The summed E-state index contributed by atoms with van der Waals surface area (Å²) in [6.07, 6.45) is 3.39. The van der Waals surface area contributed by atoms with Crippen LogP contribution in [0.25, 0.3) is 0 Å². The van der Waals surface area contributed by atoms with Gasteiger partial charge in [-0.2, -0.15) is 11.3 Å². The Kier molecular flexibility index (Phi) is 6.98. The van der Waals surface area contributed by atoms with Crippen molar-refractivity contribution in [2.45, 2.75) is 19.3 Å². The number of carbonyl (C=O) groups excluding carboxylic acids is 2. The van der Waals surface area contributed by atoms with E-state index in [0.717, 1.165) is 16.9 Å². The molecular formula is C19H18ClN3O2S2. The van der Waals surface area contributed by atoms with Gasteiger partial charge in [-0.15, -0.1) is 11.3 Å². The van der Waals surface area contributed by atoms with Crippen molar-refractivity contribution in [3.63, 3.8) is 0 Å². The lowest BCUT2D eigenvalue weighted by Gasteiger charge is -2.04. The molecule has 0 radical (unpaired) electrons. The smallest absolute Gasteiger partial charge is 0.252 e. The second-order valence-corrected chi connectivity index (χ2v) is 8.19. The van der Waals surface area contributed by atoms with Gasteiger partial charge in [0.1, 0.15) is 0 Å². The Labute approximate surface area is 170 Å². The summed E-state index contributed by atoms with van der Waals surface area (Å²) in [6.45, 7) is 0.458. The maximum absolute atomic E-state index is 12.0. The quantitative estimate of drug-likeness (QED) is 0.524. The van der Waals surface area contributed by atoms with Gasteiger partial charge in [-0.05, 0) is 35.6 Å². The van der Waals surface area contributed by atoms with Crippen LogP contribution in [-0.4, -0.2) is 23.3 Å². The van der Waals surface area contributed by atoms with Gasteiger partial charge < -0.3 is 10.6 Å². The van der Waals surface area contributed by atoms with Crippen molar-refractivity contribution in [3.05, 3.63) is 68.3 Å². The molecule has 0 aliphatic rings. The third kappa shape index (κ3) is 6.16. The van der Waals surface area contributed by atoms with Crippen molar-refractivity contribution in [2.75, 3.05) is 11.9 Å². The average molecular weight is 420 g/mol. The minimum absolute atomic E-state index is 0.108. The third-order valence-electron chi connectivity index (χ3n) is 3.72. The summed E-state index contributed by atoms with van der Waals surface area (Å²) in [4.78, 5) is 29.1. The number of nitrogens with one attached hydrogen (secondary N) is 2. The zero-order chi connectivity index (χ0) is 19.1. The first-order valence-electron chi connectivity index (χ1n) is 8.39. The number of aromatic nitrogens is 1. The number of rotatable bonds is 8. The number of hydrogen-bond acceptors (Lipinski definition) is 5. The molecule has 5 nitrogen and oxygen atoms in total. The number of carbonyl (C=O) groups is 2. The number of benzene rings is 1. The van der Waals surface area contributed by atoms with E-state index in [1.807, 2.05) is 29.6 Å². The van der Waals surface area contributed by atoms with Crippen LogP contribution >= 0.6 is 34.3 Å². The molecule has 2 N–H and O–H groups in total. The fourth-order valence-corrected chi connectivity index (χ4v) is 4.14. The van der Waals surface area contributed by atoms with Crippen molar-refractivity contribution in [3.8, 4) is 0 Å². The fraction of sp³-hybridized carbons (Fsp3) is 0.211. The van der Waals surface area contributed by atoms with Gasteiger partial charge in [-0.3, -0.25) is 9.59 Å². The molecule has 0 spiro atoms. The Balaban J connectivity index is 1.39. The molecule has 2 heterocycles. The van der Waals surface area contributed by atoms with Gasteiger partial charge >= 0.3 is 0 Å². The topological polar surface area (TPSA) is 71.1 Å². The minimum Gasteiger partial charge on any atom is -0.352 e. The molecule has 0 atom stereocenters. The summed E-state index contributed by atoms with van der Waals surface area (Å²) in [5.41, 5.74) is 1.75. The first-order chi connectivity index (χ1) is 13.1. The summed E-state index contributed by atoms with van der Waals surface area (Å²) in [6, 6.07) is 9.46. The van der Waals surface area contributed by atoms with Crippen LogP contribution in [-0.2, 0) is 11.2 Å². The summed E-state index contributed by atoms with van der Waals surface area (Å²) in [5, 5.41) is 10.6. The molecule has 3 rings (SSSR count). The van der Waals surface area contributed by atoms with Crippen LogP contribution in [0.5, 0.6) is 0 Å². The zero-order valence-corrected chi connectivity index (χ0v) is 16.8. The van der Waals surface area contributed by atoms with Crippen LogP contribution in [0.3, 0.4) is 0 Å². The highest BCUT2D eigenvalue weighted by molar-refractivity contribution is 7.15. The molecule has 0 fully saturated rings. The molecule has 27 heavy (non-hydrogen) atoms. The Morgan fingerprint density at radius 3 is 2.89 bits per heavy atom. The first-order valence-corrected chi connectivity index (χ1v) is 10.5. The standard InChI is InChI=1S/C19H18ClN3O2S2/c20-15-4-1-3-13(9-15)10-16-11-22-19(27-16)23-17(24)5-2-7-21-18(25)14-6-8-26-12-14/h1,3-4,6,8-9,11-12H,2,5,7,10H2,(H,21,25)(H,22,23,24). The summed E-state index contributed by atoms with van der Waals surface area (Å²) in [5.74, 6) is -0.217. The number of halogens is 1. The first kappa shape index (κ1) is 19.5. The van der Waals surface area contributed by atoms with E-state index >= 15 is 0 Å². The number of nitrogens with zero attached hydrogens (tertiary/aromatic N) is 1. The minimum atomic E-state index is -0.109. The third-order valence-corrected chi connectivity index (χ3v) is 5.55. The van der Waals surface area contributed by atoms with E-state index in [0.29, 0.717) is 35.1 Å². The second-order valence-electron chi connectivity index (χ2n) is 5.86. The van der Waals surface area contributed by atoms with Gasteiger partial charge in [-0.25, -0.2) is 4.98 Å². The van der Waals surface area contributed by atoms with Crippen molar-refractivity contribution in [2.24, 2.45) is 0 Å². The molecule has 0 aliphatic carbocycles. The van der Waals surface area contributed by atoms with Crippen LogP contribution in [0.1, 0.15) is 33.6 Å². The number of hydrogen-bond donors (Lipinski definition) is 2. The predicted octanol–water partition coefficient (Wildman–Crippen LogP) is 4.60. The highest BCUT2D eigenvalue weighted by atomic mass is 35.5. The Bertz CT molecular complexity index is 909. The molecule has 0 saturated heterocycles. The molecule has 0 aliphatic heterocycles. The van der Waals surface area contributed by atoms with Crippen molar-refractivity contribution < 1.29 is 9.59 Å². The molecule has 0 unspecified atom stereocenters. The number of thiazole rings is 1. The highest BCUT2D eigenvalue weighted by Crippen LogP contribution is 2.22. The predicted molar refractivity (Wildman–Crippen MR) is 111 cm³/mol. The Morgan fingerprint density at radius 1 is 1.22 bits per heavy atom. The molecule has 8 heteroatoms. The SMILES string of the molecule is O=C(CCCNC(=O)c1ccsc1)Nc1ncc(Cc2cccc(Cl)c2)s1. The Morgan fingerprint density at radius 2 is 2.11 bits per heavy atom. The average Bonchev–Trinajstić information content (AvgIpc) is 3.31. The van der Waals surface area contributed by atoms with Crippen LogP contribution in [0.4, 0.5) is 5.13 Å². The van der Waals surface area contributed by atoms with E-state index in [1.165, 1.54) is 22.7 Å². The van der Waals surface area contributed by atoms with Gasteiger partial charge in [0.2, 0.25) is 5.91 Å².